The number of rotatable bonds is 7. The molecule has 2 heterocycles. The minimum absolute atomic E-state index is 0.179. The number of carbonyl (C=O) groups excluding carboxylic acids is 1. The van der Waals surface area contributed by atoms with Crippen LogP contribution in [0.2, 0.25) is 0 Å². The Morgan fingerprint density at radius 3 is 2.53 bits per heavy atom. The summed E-state index contributed by atoms with van der Waals surface area (Å²) in [4.78, 5) is 14.3. The van der Waals surface area contributed by atoms with Gasteiger partial charge in [-0.25, -0.2) is 4.79 Å². The number of nitrogens with one attached hydrogen (secondary N) is 5. The van der Waals surface area contributed by atoms with E-state index in [2.05, 4.69) is 16.0 Å². The maximum atomic E-state index is 13.4. The van der Waals surface area contributed by atoms with Crippen molar-refractivity contribution in [2.24, 2.45) is 0 Å². The molecule has 2 saturated heterocycles. The molecule has 8 N–H and O–H groups in total. The summed E-state index contributed by atoms with van der Waals surface area (Å²) in [5.41, 5.74) is -2.87. The largest absolute Gasteiger partial charge is 0.454 e. The van der Waals surface area contributed by atoms with Gasteiger partial charge in [-0.15, -0.1) is 0 Å². The van der Waals surface area contributed by atoms with Crippen LogP contribution in [0.4, 0.5) is 13.2 Å². The minimum atomic E-state index is -4.71. The topological polar surface area (TPSA) is 174 Å². The van der Waals surface area contributed by atoms with Gasteiger partial charge in [0.2, 0.25) is 0 Å². The van der Waals surface area contributed by atoms with E-state index in [1.54, 1.807) is 6.07 Å². The Bertz CT molecular complexity index is 1190. The fourth-order valence-corrected chi connectivity index (χ4v) is 4.63. The van der Waals surface area contributed by atoms with Gasteiger partial charge in [0, 0.05) is 0 Å². The Labute approximate surface area is 202 Å². The van der Waals surface area contributed by atoms with Crippen LogP contribution >= 0.6 is 0 Å². The van der Waals surface area contributed by atoms with Gasteiger partial charge in [-0.05, 0) is 22.9 Å². The third-order valence-electron chi connectivity index (χ3n) is 6.34. The van der Waals surface area contributed by atoms with Gasteiger partial charge >= 0.3 is 12.1 Å². The number of esters is 1. The Morgan fingerprint density at radius 1 is 1.17 bits per heavy atom. The Balaban J connectivity index is 1.63. The number of hydrogen-bond donors (Lipinski definition) is 8. The number of nitrogens with zero attached hydrogens (tertiary/aromatic N) is 1. The second-order valence-corrected chi connectivity index (χ2v) is 8.55. The first-order chi connectivity index (χ1) is 17.0. The summed E-state index contributed by atoms with van der Waals surface area (Å²) in [5.74, 6) is -1.58. The molecule has 0 bridgehead atoms. The number of carbonyl (C=O) groups is 1. The number of halogens is 3. The zero-order valence-corrected chi connectivity index (χ0v) is 18.8. The molecule has 0 spiro atoms. The van der Waals surface area contributed by atoms with Crippen molar-refractivity contribution in [2.45, 2.75) is 30.0 Å². The molecule has 11 nitrogen and oxygen atoms in total. The third-order valence-corrected chi connectivity index (χ3v) is 6.34. The molecule has 36 heavy (non-hydrogen) atoms. The maximum Gasteiger partial charge on any atom is 0.416 e. The summed E-state index contributed by atoms with van der Waals surface area (Å²) in [7, 11) is 0. The molecule has 2 aromatic carbocycles. The van der Waals surface area contributed by atoms with Crippen LogP contribution in [0.25, 0.3) is 10.8 Å². The molecule has 2 aliphatic rings. The van der Waals surface area contributed by atoms with E-state index >= 15 is 0 Å². The van der Waals surface area contributed by atoms with Crippen molar-refractivity contribution in [1.29, 1.82) is 10.8 Å². The second kappa shape index (κ2) is 9.44. The smallest absolute Gasteiger partial charge is 0.416 e. The average Bonchev–Trinajstić information content (AvgIpc) is 3.20. The van der Waals surface area contributed by atoms with Crippen molar-refractivity contribution in [3.63, 3.8) is 0 Å². The molecule has 2 fully saturated rings. The number of benzene rings is 2. The predicted octanol–water partition coefficient (Wildman–Crippen LogP) is -0.238. The van der Waals surface area contributed by atoms with Crippen LogP contribution in [0.15, 0.2) is 36.4 Å². The number of ether oxygens (including phenoxy) is 1. The molecule has 0 saturated carbocycles. The molecule has 194 valence electrons. The zero-order valence-electron chi connectivity index (χ0n) is 18.8. The van der Waals surface area contributed by atoms with Gasteiger partial charge in [-0.2, -0.15) is 13.2 Å². The molecule has 0 aliphatic carbocycles. The lowest BCUT2D eigenvalue weighted by Gasteiger charge is -2.51. The van der Waals surface area contributed by atoms with E-state index < -0.39 is 61.4 Å². The summed E-state index contributed by atoms with van der Waals surface area (Å²) >= 11 is 0. The van der Waals surface area contributed by atoms with E-state index in [1.165, 1.54) is 23.1 Å². The number of hydrogen-bond acceptors (Lipinski definition) is 7. The van der Waals surface area contributed by atoms with E-state index in [1.807, 2.05) is 0 Å². The van der Waals surface area contributed by atoms with Gasteiger partial charge in [0.05, 0.1) is 49.6 Å². The molecular weight excluding hydrogens is 485 g/mol. The van der Waals surface area contributed by atoms with Crippen molar-refractivity contribution in [3.8, 4) is 0 Å². The highest BCUT2D eigenvalue weighted by atomic mass is 19.4. The summed E-state index contributed by atoms with van der Waals surface area (Å²) < 4.78 is 45.7. The first kappa shape index (κ1) is 25.5. The number of aliphatic hydroxyl groups is 3. The number of fused-ring (bicyclic) bond motifs is 2. The summed E-state index contributed by atoms with van der Waals surface area (Å²) in [5, 5.41) is 54.8. The van der Waals surface area contributed by atoms with Crippen LogP contribution in [0, 0.1) is 10.8 Å². The molecule has 0 amide bonds. The van der Waals surface area contributed by atoms with Crippen molar-refractivity contribution in [1.82, 2.24) is 20.9 Å². The van der Waals surface area contributed by atoms with Crippen molar-refractivity contribution in [2.75, 3.05) is 26.4 Å². The normalized spacial score (nSPS) is 24.6. The lowest BCUT2D eigenvalue weighted by Crippen LogP contribution is -2.78. The highest BCUT2D eigenvalue weighted by Crippen LogP contribution is 2.34. The van der Waals surface area contributed by atoms with Crippen molar-refractivity contribution in [3.05, 3.63) is 47.5 Å². The SMILES string of the molecule is N=C1NC2[C@H](CO)NC(=N)N(C[C@@H](CO)OC(=O)c3cc(C(F)(F)F)cc4ccccc34)C2(CO)N1. The van der Waals surface area contributed by atoms with Crippen molar-refractivity contribution >= 4 is 28.7 Å². The Morgan fingerprint density at radius 2 is 1.89 bits per heavy atom. The molecule has 0 aromatic heterocycles. The molecule has 4 atom stereocenters. The third kappa shape index (κ3) is 4.38. The summed E-state index contributed by atoms with van der Waals surface area (Å²) in [6, 6.07) is 6.09. The van der Waals surface area contributed by atoms with Crippen LogP contribution in [-0.2, 0) is 10.9 Å². The van der Waals surface area contributed by atoms with E-state index in [0.717, 1.165) is 6.07 Å². The highest BCUT2D eigenvalue weighted by Gasteiger charge is 2.57. The fourth-order valence-electron chi connectivity index (χ4n) is 4.63. The molecule has 0 radical (unpaired) electrons. The maximum absolute atomic E-state index is 13.4. The lowest BCUT2D eigenvalue weighted by atomic mass is 9.91. The molecule has 14 heteroatoms. The van der Waals surface area contributed by atoms with Gasteiger partial charge in [0.1, 0.15) is 6.10 Å². The lowest BCUT2D eigenvalue weighted by molar-refractivity contribution is -0.137. The van der Waals surface area contributed by atoms with Gasteiger partial charge < -0.3 is 40.9 Å². The first-order valence-electron chi connectivity index (χ1n) is 10.9. The highest BCUT2D eigenvalue weighted by molar-refractivity contribution is 6.05. The van der Waals surface area contributed by atoms with Gasteiger partial charge in [-0.3, -0.25) is 10.8 Å². The Hall–Kier alpha value is -3.62. The predicted molar refractivity (Wildman–Crippen MR) is 121 cm³/mol. The zero-order chi connectivity index (χ0) is 26.3. The van der Waals surface area contributed by atoms with E-state index in [9.17, 15) is 33.3 Å². The van der Waals surface area contributed by atoms with Crippen LogP contribution < -0.4 is 16.0 Å². The second-order valence-electron chi connectivity index (χ2n) is 8.55. The van der Waals surface area contributed by atoms with E-state index in [-0.39, 0.29) is 34.8 Å². The first-order valence-corrected chi connectivity index (χ1v) is 10.9. The molecule has 2 aromatic rings. The van der Waals surface area contributed by atoms with Gasteiger partial charge in [0.25, 0.3) is 0 Å². The molecule has 4 rings (SSSR count). The Kier molecular flexibility index (Phi) is 6.68. The van der Waals surface area contributed by atoms with E-state index in [0.29, 0.717) is 6.07 Å². The summed E-state index contributed by atoms with van der Waals surface area (Å²) in [6.07, 6.45) is -6.03. The van der Waals surface area contributed by atoms with Crippen LogP contribution in [0.5, 0.6) is 0 Å². The quantitative estimate of drug-likeness (QED) is 0.234. The fraction of sp³-hybridized carbons (Fsp3) is 0.409. The number of aliphatic hydroxyl groups excluding tert-OH is 3. The van der Waals surface area contributed by atoms with Gasteiger partial charge in [0.15, 0.2) is 17.6 Å². The average molecular weight is 510 g/mol. The van der Waals surface area contributed by atoms with Crippen LogP contribution in [0.3, 0.4) is 0 Å². The van der Waals surface area contributed by atoms with E-state index in [4.69, 9.17) is 15.6 Å². The number of guanidine groups is 2. The van der Waals surface area contributed by atoms with Crippen LogP contribution in [0.1, 0.15) is 15.9 Å². The minimum Gasteiger partial charge on any atom is -0.454 e. The van der Waals surface area contributed by atoms with Gasteiger partial charge in [-0.1, -0.05) is 24.3 Å². The van der Waals surface area contributed by atoms with Crippen LogP contribution in [-0.4, -0.2) is 88.3 Å². The van der Waals surface area contributed by atoms with Crippen molar-refractivity contribution < 1.29 is 38.0 Å². The summed E-state index contributed by atoms with van der Waals surface area (Å²) in [6.45, 7) is -2.15. The number of alkyl halides is 3. The standard InChI is InChI=1S/C22H25F3N6O5/c23-22(24,25)12-5-11-3-1-2-4-14(11)15(6-12)18(35)36-13(8-32)7-31-20(27)28-16(9-33)17-21(31,10-34)30-19(26)29-17/h1-6,13,16-17,32-34H,7-10H2,(H2,27,28)(H3,26,29,30)/t13-,16-,17?,21?/m0/s1. The molecular formula is C22H25F3N6O5. The monoisotopic (exact) mass is 510 g/mol. The molecule has 2 aliphatic heterocycles. The molecule has 2 unspecified atom stereocenters.